The SMILES string of the molecule is NCCCN(C(=O)c1cccc2cccnc12)C1CCC1. The summed E-state index contributed by atoms with van der Waals surface area (Å²) in [7, 11) is 0. The van der Waals surface area contributed by atoms with Crippen LogP contribution >= 0.6 is 0 Å². The first-order valence-electron chi connectivity index (χ1n) is 7.66. The minimum atomic E-state index is 0.0949. The molecule has 0 atom stereocenters. The van der Waals surface area contributed by atoms with E-state index in [1.807, 2.05) is 35.2 Å². The standard InChI is InChI=1S/C17H21N3O/c18-10-4-12-20(14-7-2-8-14)17(21)15-9-1-5-13-6-3-11-19-16(13)15/h1,3,5-6,9,11,14H,2,4,7-8,10,12,18H2. The first-order valence-corrected chi connectivity index (χ1v) is 7.66. The molecule has 1 aliphatic rings. The van der Waals surface area contributed by atoms with E-state index >= 15 is 0 Å². The lowest BCUT2D eigenvalue weighted by atomic mass is 9.90. The third-order valence-electron chi connectivity index (χ3n) is 4.24. The summed E-state index contributed by atoms with van der Waals surface area (Å²) in [6, 6.07) is 10.1. The summed E-state index contributed by atoms with van der Waals surface area (Å²) in [5, 5.41) is 1.01. The van der Waals surface area contributed by atoms with E-state index in [9.17, 15) is 4.79 Å². The average Bonchev–Trinajstić information content (AvgIpc) is 2.48. The molecule has 1 saturated carbocycles. The molecule has 0 bridgehead atoms. The summed E-state index contributed by atoms with van der Waals surface area (Å²) < 4.78 is 0. The zero-order valence-corrected chi connectivity index (χ0v) is 12.2. The minimum absolute atomic E-state index is 0.0949. The Morgan fingerprint density at radius 1 is 1.29 bits per heavy atom. The highest BCUT2D eigenvalue weighted by Crippen LogP contribution is 2.27. The van der Waals surface area contributed by atoms with E-state index in [1.54, 1.807) is 6.20 Å². The molecule has 2 aromatic rings. The molecule has 4 heteroatoms. The van der Waals surface area contributed by atoms with Gasteiger partial charge in [0.2, 0.25) is 0 Å². The van der Waals surface area contributed by atoms with Crippen LogP contribution in [0.15, 0.2) is 36.5 Å². The van der Waals surface area contributed by atoms with Gasteiger partial charge in [-0.05, 0) is 44.4 Å². The number of amides is 1. The molecule has 1 aliphatic carbocycles. The number of carbonyl (C=O) groups excluding carboxylic acids is 1. The van der Waals surface area contributed by atoms with E-state index in [0.29, 0.717) is 18.2 Å². The molecule has 0 aliphatic heterocycles. The van der Waals surface area contributed by atoms with Gasteiger partial charge in [-0.2, -0.15) is 0 Å². The first kappa shape index (κ1) is 14.0. The van der Waals surface area contributed by atoms with Crippen LogP contribution in [-0.2, 0) is 0 Å². The van der Waals surface area contributed by atoms with Crippen molar-refractivity contribution in [2.45, 2.75) is 31.7 Å². The Bertz CT molecular complexity index is 631. The van der Waals surface area contributed by atoms with Crippen molar-refractivity contribution in [1.29, 1.82) is 0 Å². The number of benzene rings is 1. The summed E-state index contributed by atoms with van der Waals surface area (Å²) in [5.41, 5.74) is 7.11. The molecule has 2 N–H and O–H groups in total. The number of hydrogen-bond acceptors (Lipinski definition) is 3. The van der Waals surface area contributed by atoms with E-state index in [1.165, 1.54) is 6.42 Å². The lowest BCUT2D eigenvalue weighted by Crippen LogP contribution is -2.45. The normalized spacial score (nSPS) is 14.9. The maximum atomic E-state index is 12.9. The number of hydrogen-bond donors (Lipinski definition) is 1. The highest BCUT2D eigenvalue weighted by Gasteiger charge is 2.29. The Labute approximate surface area is 125 Å². The highest BCUT2D eigenvalue weighted by atomic mass is 16.2. The second-order valence-corrected chi connectivity index (χ2v) is 5.61. The van der Waals surface area contributed by atoms with E-state index in [0.717, 1.165) is 36.7 Å². The maximum Gasteiger partial charge on any atom is 0.256 e. The molecular formula is C17H21N3O. The summed E-state index contributed by atoms with van der Waals surface area (Å²) >= 11 is 0. The van der Waals surface area contributed by atoms with Crippen LogP contribution in [0.1, 0.15) is 36.0 Å². The number of pyridine rings is 1. The molecule has 21 heavy (non-hydrogen) atoms. The number of nitrogens with zero attached hydrogens (tertiary/aromatic N) is 2. The fraction of sp³-hybridized carbons (Fsp3) is 0.412. The van der Waals surface area contributed by atoms with Gasteiger partial charge in [0.1, 0.15) is 0 Å². The molecule has 0 spiro atoms. The van der Waals surface area contributed by atoms with Crippen LogP contribution in [0, 0.1) is 0 Å². The Morgan fingerprint density at radius 3 is 2.81 bits per heavy atom. The minimum Gasteiger partial charge on any atom is -0.336 e. The quantitative estimate of drug-likeness (QED) is 0.917. The number of para-hydroxylation sites is 1. The van der Waals surface area contributed by atoms with Crippen molar-refractivity contribution in [1.82, 2.24) is 9.88 Å². The second kappa shape index (κ2) is 6.22. The molecule has 0 radical (unpaired) electrons. The van der Waals surface area contributed by atoms with Crippen molar-refractivity contribution >= 4 is 16.8 Å². The molecule has 1 heterocycles. The smallest absolute Gasteiger partial charge is 0.256 e. The Morgan fingerprint density at radius 2 is 2.10 bits per heavy atom. The predicted octanol–water partition coefficient (Wildman–Crippen LogP) is 2.58. The van der Waals surface area contributed by atoms with Gasteiger partial charge in [-0.3, -0.25) is 9.78 Å². The van der Waals surface area contributed by atoms with Gasteiger partial charge in [-0.1, -0.05) is 18.2 Å². The van der Waals surface area contributed by atoms with Crippen LogP contribution in [0.5, 0.6) is 0 Å². The van der Waals surface area contributed by atoms with Crippen molar-refractivity contribution in [3.8, 4) is 0 Å². The number of fused-ring (bicyclic) bond motifs is 1. The van der Waals surface area contributed by atoms with Crippen molar-refractivity contribution in [3.63, 3.8) is 0 Å². The fourth-order valence-corrected chi connectivity index (χ4v) is 2.84. The Balaban J connectivity index is 1.93. The Kier molecular flexibility index (Phi) is 4.15. The monoisotopic (exact) mass is 283 g/mol. The van der Waals surface area contributed by atoms with Crippen LogP contribution < -0.4 is 5.73 Å². The van der Waals surface area contributed by atoms with Crippen molar-refractivity contribution in [2.24, 2.45) is 5.73 Å². The zero-order chi connectivity index (χ0) is 14.7. The molecule has 1 fully saturated rings. The van der Waals surface area contributed by atoms with Crippen molar-refractivity contribution in [2.75, 3.05) is 13.1 Å². The van der Waals surface area contributed by atoms with Gasteiger partial charge in [0.25, 0.3) is 5.91 Å². The molecule has 1 aromatic heterocycles. The highest BCUT2D eigenvalue weighted by molar-refractivity contribution is 6.05. The molecule has 0 unspecified atom stereocenters. The average molecular weight is 283 g/mol. The molecule has 110 valence electrons. The Hall–Kier alpha value is -1.94. The van der Waals surface area contributed by atoms with Gasteiger partial charge in [0.05, 0.1) is 11.1 Å². The molecule has 1 aromatic carbocycles. The van der Waals surface area contributed by atoms with Crippen LogP contribution in [-0.4, -0.2) is 34.9 Å². The topological polar surface area (TPSA) is 59.2 Å². The van der Waals surface area contributed by atoms with Crippen LogP contribution in [0.3, 0.4) is 0 Å². The number of aromatic nitrogens is 1. The van der Waals surface area contributed by atoms with E-state index in [-0.39, 0.29) is 5.91 Å². The number of carbonyl (C=O) groups is 1. The second-order valence-electron chi connectivity index (χ2n) is 5.61. The summed E-state index contributed by atoms with van der Waals surface area (Å²) in [6.45, 7) is 1.35. The largest absolute Gasteiger partial charge is 0.336 e. The molecular weight excluding hydrogens is 262 g/mol. The lowest BCUT2D eigenvalue weighted by molar-refractivity contribution is 0.0580. The first-order chi connectivity index (χ1) is 10.3. The van der Waals surface area contributed by atoms with Gasteiger partial charge in [-0.25, -0.2) is 0 Å². The van der Waals surface area contributed by atoms with Crippen LogP contribution in [0.25, 0.3) is 10.9 Å². The zero-order valence-electron chi connectivity index (χ0n) is 12.2. The van der Waals surface area contributed by atoms with Gasteiger partial charge in [0.15, 0.2) is 0 Å². The molecule has 0 saturated heterocycles. The van der Waals surface area contributed by atoms with Gasteiger partial charge in [0, 0.05) is 24.2 Å². The summed E-state index contributed by atoms with van der Waals surface area (Å²) in [4.78, 5) is 19.3. The predicted molar refractivity (Wildman–Crippen MR) is 84.1 cm³/mol. The van der Waals surface area contributed by atoms with Crippen LogP contribution in [0.4, 0.5) is 0 Å². The molecule has 3 rings (SSSR count). The third-order valence-corrected chi connectivity index (χ3v) is 4.24. The maximum absolute atomic E-state index is 12.9. The molecule has 4 nitrogen and oxygen atoms in total. The van der Waals surface area contributed by atoms with Crippen molar-refractivity contribution in [3.05, 3.63) is 42.1 Å². The summed E-state index contributed by atoms with van der Waals surface area (Å²) in [5.74, 6) is 0.0949. The summed E-state index contributed by atoms with van der Waals surface area (Å²) in [6.07, 6.45) is 6.01. The lowest BCUT2D eigenvalue weighted by Gasteiger charge is -2.37. The third kappa shape index (κ3) is 2.76. The molecule has 1 amide bonds. The van der Waals surface area contributed by atoms with Gasteiger partial charge in [-0.15, -0.1) is 0 Å². The van der Waals surface area contributed by atoms with Gasteiger partial charge >= 0.3 is 0 Å². The van der Waals surface area contributed by atoms with E-state index < -0.39 is 0 Å². The number of nitrogens with two attached hydrogens (primary N) is 1. The number of rotatable bonds is 5. The van der Waals surface area contributed by atoms with E-state index in [4.69, 9.17) is 5.73 Å². The van der Waals surface area contributed by atoms with Crippen LogP contribution in [0.2, 0.25) is 0 Å². The van der Waals surface area contributed by atoms with E-state index in [2.05, 4.69) is 4.98 Å². The fourth-order valence-electron chi connectivity index (χ4n) is 2.84. The van der Waals surface area contributed by atoms with Gasteiger partial charge < -0.3 is 10.6 Å². The van der Waals surface area contributed by atoms with Crippen molar-refractivity contribution < 1.29 is 4.79 Å².